The highest BCUT2D eigenvalue weighted by Gasteiger charge is 2.70. The monoisotopic (exact) mass is 482 g/mol. The lowest BCUT2D eigenvalue weighted by Crippen LogP contribution is -2.53. The molecule has 10 heteroatoms. The number of halogens is 1. The third kappa shape index (κ3) is 3.19. The van der Waals surface area contributed by atoms with E-state index in [4.69, 9.17) is 22.1 Å². The van der Waals surface area contributed by atoms with E-state index in [1.54, 1.807) is 49.6 Å². The zero-order valence-electron chi connectivity index (χ0n) is 18.3. The van der Waals surface area contributed by atoms with Gasteiger partial charge in [-0.05, 0) is 30.2 Å². The zero-order chi connectivity index (χ0) is 24.2. The summed E-state index contributed by atoms with van der Waals surface area (Å²) in [6.45, 7) is 0.0668. The van der Waals surface area contributed by atoms with Gasteiger partial charge in [-0.1, -0.05) is 35.9 Å². The average molecular weight is 483 g/mol. The van der Waals surface area contributed by atoms with Crippen LogP contribution < -0.4 is 21.1 Å². The molecule has 4 atom stereocenters. The van der Waals surface area contributed by atoms with Gasteiger partial charge in [0.05, 0.1) is 36.2 Å². The van der Waals surface area contributed by atoms with E-state index in [1.165, 1.54) is 4.90 Å². The number of carbonyl (C=O) groups excluding carboxylic acids is 4. The molecule has 176 valence electrons. The number of para-hydroxylation sites is 1. The van der Waals surface area contributed by atoms with Crippen LogP contribution in [0.5, 0.6) is 5.75 Å². The van der Waals surface area contributed by atoms with Crippen molar-refractivity contribution < 1.29 is 23.9 Å². The molecule has 0 aromatic heterocycles. The maximum absolute atomic E-state index is 13.7. The van der Waals surface area contributed by atoms with Gasteiger partial charge in [0.15, 0.2) is 0 Å². The number of hydrogen-bond donors (Lipinski definition) is 3. The molecular weight excluding hydrogens is 460 g/mol. The van der Waals surface area contributed by atoms with Crippen molar-refractivity contribution in [1.29, 1.82) is 0 Å². The summed E-state index contributed by atoms with van der Waals surface area (Å²) < 4.78 is 5.17. The molecule has 2 aromatic rings. The summed E-state index contributed by atoms with van der Waals surface area (Å²) in [5.41, 5.74) is 5.58. The first kappa shape index (κ1) is 22.4. The van der Waals surface area contributed by atoms with Crippen LogP contribution in [0.3, 0.4) is 0 Å². The number of hydrogen-bond acceptors (Lipinski definition) is 6. The molecule has 3 aliphatic heterocycles. The number of nitrogens with zero attached hydrogens (tertiary/aromatic N) is 1. The Morgan fingerprint density at radius 3 is 2.56 bits per heavy atom. The molecule has 4 amide bonds. The SMILES string of the molecule is COc1ccc(CN2C(=O)[C@H]3[C@@H](CCC(N)=O)N[C@]4(C(=O)Nc5c(Cl)cccc54)[C@H]3C2=O)cc1. The highest BCUT2D eigenvalue weighted by Crippen LogP contribution is 2.54. The fourth-order valence-corrected chi connectivity index (χ4v) is 5.69. The molecule has 0 unspecified atom stereocenters. The highest BCUT2D eigenvalue weighted by atomic mass is 35.5. The molecule has 0 aliphatic carbocycles. The first-order valence-corrected chi connectivity index (χ1v) is 11.3. The molecule has 5 rings (SSSR count). The van der Waals surface area contributed by atoms with Gasteiger partial charge in [0.25, 0.3) is 0 Å². The van der Waals surface area contributed by atoms with Crippen molar-refractivity contribution in [3.05, 3.63) is 58.6 Å². The van der Waals surface area contributed by atoms with Crippen molar-refractivity contribution in [2.75, 3.05) is 12.4 Å². The lowest BCUT2D eigenvalue weighted by molar-refractivity contribution is -0.143. The highest BCUT2D eigenvalue weighted by molar-refractivity contribution is 6.35. The summed E-state index contributed by atoms with van der Waals surface area (Å²) in [5, 5.41) is 6.38. The van der Waals surface area contributed by atoms with Gasteiger partial charge < -0.3 is 15.8 Å². The number of anilines is 1. The predicted molar refractivity (Wildman–Crippen MR) is 123 cm³/mol. The van der Waals surface area contributed by atoms with Crippen LogP contribution >= 0.6 is 11.6 Å². The van der Waals surface area contributed by atoms with Crippen LogP contribution in [0, 0.1) is 11.8 Å². The van der Waals surface area contributed by atoms with Gasteiger partial charge in [0.1, 0.15) is 11.3 Å². The normalized spacial score (nSPS) is 27.2. The van der Waals surface area contributed by atoms with E-state index in [1.807, 2.05) is 0 Å². The summed E-state index contributed by atoms with van der Waals surface area (Å²) in [4.78, 5) is 53.4. The Morgan fingerprint density at radius 2 is 1.88 bits per heavy atom. The molecule has 0 bridgehead atoms. The number of amides is 4. The molecule has 0 saturated carbocycles. The lowest BCUT2D eigenvalue weighted by atomic mass is 9.76. The number of nitrogens with one attached hydrogen (secondary N) is 2. The van der Waals surface area contributed by atoms with Crippen LogP contribution in [-0.4, -0.2) is 41.7 Å². The fourth-order valence-electron chi connectivity index (χ4n) is 5.47. The second-order valence-corrected chi connectivity index (χ2v) is 9.20. The van der Waals surface area contributed by atoms with Crippen molar-refractivity contribution in [3.8, 4) is 5.75 Å². The summed E-state index contributed by atoms with van der Waals surface area (Å²) in [6, 6.07) is 11.5. The lowest BCUT2D eigenvalue weighted by Gasteiger charge is -2.29. The van der Waals surface area contributed by atoms with Gasteiger partial charge in [-0.15, -0.1) is 0 Å². The number of benzene rings is 2. The predicted octanol–water partition coefficient (Wildman–Crippen LogP) is 1.53. The van der Waals surface area contributed by atoms with Crippen molar-refractivity contribution in [2.45, 2.75) is 31.0 Å². The number of methoxy groups -OCH3 is 1. The van der Waals surface area contributed by atoms with Crippen LogP contribution in [0.2, 0.25) is 5.02 Å². The minimum Gasteiger partial charge on any atom is -0.497 e. The fraction of sp³-hybridized carbons (Fsp3) is 0.333. The number of imide groups is 1. The maximum Gasteiger partial charge on any atom is 0.250 e. The second kappa shape index (κ2) is 8.11. The van der Waals surface area contributed by atoms with Crippen molar-refractivity contribution >= 4 is 40.9 Å². The summed E-state index contributed by atoms with van der Waals surface area (Å²) in [5.74, 6) is -2.93. The molecule has 4 N–H and O–H groups in total. The van der Waals surface area contributed by atoms with Crippen LogP contribution in [-0.2, 0) is 31.3 Å². The van der Waals surface area contributed by atoms with Crippen LogP contribution in [0.25, 0.3) is 0 Å². The average Bonchev–Trinajstić information content (AvgIpc) is 3.40. The Bertz CT molecular complexity index is 1220. The third-order valence-corrected chi connectivity index (χ3v) is 7.31. The summed E-state index contributed by atoms with van der Waals surface area (Å²) >= 11 is 6.33. The Labute approximate surface area is 200 Å². The van der Waals surface area contributed by atoms with Gasteiger partial charge in [0.2, 0.25) is 23.6 Å². The molecule has 2 saturated heterocycles. The molecule has 3 heterocycles. The number of carbonyl (C=O) groups is 4. The van der Waals surface area contributed by atoms with E-state index in [0.717, 1.165) is 5.56 Å². The molecule has 2 fully saturated rings. The summed E-state index contributed by atoms with van der Waals surface area (Å²) in [6.07, 6.45) is 0.234. The van der Waals surface area contributed by atoms with E-state index in [9.17, 15) is 19.2 Å². The maximum atomic E-state index is 13.7. The zero-order valence-corrected chi connectivity index (χ0v) is 19.1. The first-order chi connectivity index (χ1) is 16.3. The van der Waals surface area contributed by atoms with E-state index in [0.29, 0.717) is 22.0 Å². The van der Waals surface area contributed by atoms with Crippen LogP contribution in [0.15, 0.2) is 42.5 Å². The van der Waals surface area contributed by atoms with E-state index in [-0.39, 0.29) is 25.3 Å². The number of rotatable bonds is 6. The topological polar surface area (TPSA) is 131 Å². The van der Waals surface area contributed by atoms with Crippen LogP contribution in [0.1, 0.15) is 24.0 Å². The van der Waals surface area contributed by atoms with E-state index in [2.05, 4.69) is 10.6 Å². The number of fused-ring (bicyclic) bond motifs is 4. The van der Waals surface area contributed by atoms with Gasteiger partial charge in [-0.2, -0.15) is 0 Å². The van der Waals surface area contributed by atoms with Crippen molar-refractivity contribution in [1.82, 2.24) is 10.2 Å². The molecule has 2 aromatic carbocycles. The number of likely N-dealkylation sites (tertiary alicyclic amines) is 1. The van der Waals surface area contributed by atoms with E-state index >= 15 is 0 Å². The van der Waals surface area contributed by atoms with Crippen LogP contribution in [0.4, 0.5) is 5.69 Å². The molecule has 0 radical (unpaired) electrons. The number of ether oxygens (including phenoxy) is 1. The Hall–Kier alpha value is -3.43. The quantitative estimate of drug-likeness (QED) is 0.535. The Kier molecular flexibility index (Phi) is 5.33. The van der Waals surface area contributed by atoms with Gasteiger partial charge in [-0.3, -0.25) is 29.4 Å². The molecule has 1 spiro atoms. The molecule has 3 aliphatic rings. The largest absolute Gasteiger partial charge is 0.497 e. The van der Waals surface area contributed by atoms with Gasteiger partial charge >= 0.3 is 0 Å². The second-order valence-electron chi connectivity index (χ2n) is 8.79. The molecule has 9 nitrogen and oxygen atoms in total. The third-order valence-electron chi connectivity index (χ3n) is 6.99. The first-order valence-electron chi connectivity index (χ1n) is 10.9. The standard InChI is InChI=1S/C24H23ClN4O5/c1-34-13-7-5-12(6-8-13)11-29-21(31)18-16(9-10-17(26)30)28-24(19(18)22(29)32)14-3-2-4-15(25)20(14)27-23(24)33/h2-8,16,18-19,28H,9-11H2,1H3,(H2,26,30)(H,27,33)/t16-,18+,19-,24+/m1/s1. The molecule has 34 heavy (non-hydrogen) atoms. The van der Waals surface area contributed by atoms with E-state index < -0.39 is 41.1 Å². The van der Waals surface area contributed by atoms with Crippen molar-refractivity contribution in [3.63, 3.8) is 0 Å². The summed E-state index contributed by atoms with van der Waals surface area (Å²) in [7, 11) is 1.55. The molecular formula is C24H23ClN4O5. The minimum atomic E-state index is -1.46. The van der Waals surface area contributed by atoms with Gasteiger partial charge in [0, 0.05) is 18.0 Å². The van der Waals surface area contributed by atoms with Crippen molar-refractivity contribution in [2.24, 2.45) is 17.6 Å². The smallest absolute Gasteiger partial charge is 0.250 e. The minimum absolute atomic E-state index is 0.0148. The van der Waals surface area contributed by atoms with Gasteiger partial charge in [-0.25, -0.2) is 0 Å². The number of nitrogens with two attached hydrogens (primary N) is 1. The Balaban J connectivity index is 1.56. The Morgan fingerprint density at radius 1 is 1.15 bits per heavy atom. The number of primary amides is 1.